The van der Waals surface area contributed by atoms with Crippen molar-refractivity contribution in [3.63, 3.8) is 0 Å². The Morgan fingerprint density at radius 3 is 2.47 bits per heavy atom. The quantitative estimate of drug-likeness (QED) is 0.358. The Bertz CT molecular complexity index is 381. The van der Waals surface area contributed by atoms with Crippen molar-refractivity contribution in [2.24, 2.45) is 0 Å². The Morgan fingerprint density at radius 1 is 1.26 bits per heavy atom. The van der Waals surface area contributed by atoms with Gasteiger partial charge in [0.25, 0.3) is 0 Å². The van der Waals surface area contributed by atoms with Crippen molar-refractivity contribution >= 4 is 34.9 Å². The third-order valence-corrected chi connectivity index (χ3v) is 5.44. The van der Waals surface area contributed by atoms with Crippen molar-refractivity contribution in [2.75, 3.05) is 19.4 Å². The van der Waals surface area contributed by atoms with Crippen LogP contribution in [0.15, 0.2) is 24.3 Å². The van der Waals surface area contributed by atoms with Crippen molar-refractivity contribution in [1.82, 2.24) is 0 Å². The van der Waals surface area contributed by atoms with Gasteiger partial charge in [0.2, 0.25) is 0 Å². The Morgan fingerprint density at radius 2 is 1.95 bits per heavy atom. The van der Waals surface area contributed by atoms with Crippen LogP contribution in [0, 0.1) is 0 Å². The fraction of sp³-hybridized carbons (Fsp3) is 0.462. The normalized spacial score (nSPS) is 10.6. The molecule has 108 valence electrons. The zero-order valence-corrected chi connectivity index (χ0v) is 14.2. The second-order valence-electron chi connectivity index (χ2n) is 3.91. The summed E-state index contributed by atoms with van der Waals surface area (Å²) in [7, 11) is 0. The molecule has 1 rings (SSSR count). The molecule has 19 heavy (non-hydrogen) atoms. The minimum absolute atomic E-state index is 0.217. The molecule has 0 bridgehead atoms. The molecule has 0 saturated carbocycles. The molecule has 0 aromatic heterocycles. The van der Waals surface area contributed by atoms with Crippen LogP contribution >= 0.6 is 23.2 Å². The number of nitrogens with zero attached hydrogens (tertiary/aromatic N) is 1. The summed E-state index contributed by atoms with van der Waals surface area (Å²) in [6, 6.07) is 8.23. The Hall–Kier alpha value is -0.200. The number of alkyl halides is 3. The molecule has 0 radical (unpaired) electrons. The van der Waals surface area contributed by atoms with Crippen molar-refractivity contribution in [1.29, 1.82) is 0 Å². The van der Waals surface area contributed by atoms with E-state index in [1.807, 2.05) is 0 Å². The molecule has 1 aromatic carbocycles. The van der Waals surface area contributed by atoms with Crippen LogP contribution < -0.4 is 24.6 Å². The van der Waals surface area contributed by atoms with Gasteiger partial charge in [-0.2, -0.15) is 0 Å². The number of carboxylic acid groups (broad SMARTS) is 1. The van der Waals surface area contributed by atoms with Crippen LogP contribution in [0.2, 0.25) is 0 Å². The number of hydrogen-bond acceptors (Lipinski definition) is 2. The summed E-state index contributed by atoms with van der Waals surface area (Å²) < 4.78 is 2.93. The fourth-order valence-corrected chi connectivity index (χ4v) is 4.45. The molecule has 0 saturated heterocycles. The van der Waals surface area contributed by atoms with E-state index in [4.69, 9.17) is 28.3 Å². The zero-order valence-electron chi connectivity index (χ0n) is 10.5. The summed E-state index contributed by atoms with van der Waals surface area (Å²) in [6.07, 6.45) is 1.69. The van der Waals surface area contributed by atoms with E-state index in [0.29, 0.717) is 16.2 Å². The van der Waals surface area contributed by atoms with E-state index in [2.05, 4.69) is 27.4 Å². The monoisotopic (exact) mass is 416 g/mol. The molecule has 0 aliphatic heterocycles. The van der Waals surface area contributed by atoms with Gasteiger partial charge < -0.3 is 0 Å². The average molecular weight is 417 g/mol. The van der Waals surface area contributed by atoms with E-state index in [-0.39, 0.29) is 27.9 Å². The summed E-state index contributed by atoms with van der Waals surface area (Å²) >= 11 is 11.4. The number of aryl methyl sites for hydroxylation is 1. The van der Waals surface area contributed by atoms with Crippen LogP contribution in [0.25, 0.3) is 0 Å². The van der Waals surface area contributed by atoms with Crippen molar-refractivity contribution in [2.45, 2.75) is 19.3 Å². The second-order valence-corrected chi connectivity index (χ2v) is 8.07. The number of aliphatic carboxylic acids is 1. The van der Waals surface area contributed by atoms with E-state index in [0.717, 1.165) is 18.7 Å². The molecule has 0 amide bonds. The molecule has 6 heteroatoms. The second kappa shape index (κ2) is 9.66. The molecule has 0 heterocycles. The third-order valence-electron chi connectivity index (χ3n) is 2.54. The predicted octanol–water partition coefficient (Wildman–Crippen LogP) is 0.339. The number of carboxylic acids is 1. The molecule has 0 unspecified atom stereocenters. The number of carbonyl (C=O) groups is 1. The summed E-state index contributed by atoms with van der Waals surface area (Å²) in [5.41, 5.74) is 2.32. The molecule has 0 aliphatic carbocycles. The van der Waals surface area contributed by atoms with E-state index < -0.39 is 5.97 Å². The van der Waals surface area contributed by atoms with Gasteiger partial charge in [0.15, 0.2) is 0 Å². The number of rotatable bonds is 9. The summed E-state index contributed by atoms with van der Waals surface area (Å²) in [4.78, 5) is 10.4. The first kappa shape index (κ1) is 16.9. The number of benzene rings is 1. The standard InChI is InChI=1S/C13H17Cl2INO2/c14-8-9-17(16-10-15)12-6-4-11(5-7-12)2-1-3-13(18)19/h4-7H,1-3,8-10H2,(H,18,19)/q-1. The number of hydrogen-bond donors (Lipinski definition) is 1. The minimum atomic E-state index is -0.739. The van der Waals surface area contributed by atoms with Gasteiger partial charge >= 0.3 is 135 Å². The van der Waals surface area contributed by atoms with Crippen LogP contribution in [0.4, 0.5) is 5.69 Å². The molecule has 3 nitrogen and oxygen atoms in total. The molecule has 0 spiro atoms. The van der Waals surface area contributed by atoms with Crippen LogP contribution in [-0.4, -0.2) is 27.4 Å². The topological polar surface area (TPSA) is 40.5 Å². The van der Waals surface area contributed by atoms with Gasteiger partial charge in [-0.05, 0) is 0 Å². The van der Waals surface area contributed by atoms with Gasteiger partial charge in [0.1, 0.15) is 0 Å². The van der Waals surface area contributed by atoms with Crippen LogP contribution in [-0.2, 0) is 11.2 Å². The number of anilines is 1. The van der Waals surface area contributed by atoms with Crippen LogP contribution in [0.1, 0.15) is 18.4 Å². The van der Waals surface area contributed by atoms with Crippen molar-refractivity contribution in [3.8, 4) is 0 Å². The zero-order chi connectivity index (χ0) is 14.1. The summed E-state index contributed by atoms with van der Waals surface area (Å²) in [5.74, 6) is -0.145. The molecule has 0 atom stereocenters. The summed E-state index contributed by atoms with van der Waals surface area (Å²) in [5, 5.41) is 8.60. The van der Waals surface area contributed by atoms with E-state index >= 15 is 0 Å². The first-order valence-corrected chi connectivity index (χ1v) is 9.53. The fourth-order valence-electron chi connectivity index (χ4n) is 1.65. The van der Waals surface area contributed by atoms with Crippen molar-refractivity contribution in [3.05, 3.63) is 29.8 Å². The first-order valence-electron chi connectivity index (χ1n) is 5.97. The Labute approximate surface area is 134 Å². The first-order chi connectivity index (χ1) is 9.17. The molecular formula is C13H17Cl2INO2-. The van der Waals surface area contributed by atoms with Gasteiger partial charge in [-0.1, -0.05) is 0 Å². The Balaban J connectivity index is 2.55. The average Bonchev–Trinajstić information content (AvgIpc) is 2.39. The molecular weight excluding hydrogens is 400 g/mol. The molecule has 0 fully saturated rings. The van der Waals surface area contributed by atoms with E-state index in [1.165, 1.54) is 5.56 Å². The van der Waals surface area contributed by atoms with Crippen molar-refractivity contribution < 1.29 is 31.4 Å². The third kappa shape index (κ3) is 6.68. The number of halogens is 3. The van der Waals surface area contributed by atoms with E-state index in [9.17, 15) is 4.79 Å². The molecule has 1 aromatic rings. The van der Waals surface area contributed by atoms with Gasteiger partial charge in [0.05, 0.1) is 0 Å². The van der Waals surface area contributed by atoms with E-state index in [1.54, 1.807) is 0 Å². The van der Waals surface area contributed by atoms with Crippen LogP contribution in [0.3, 0.4) is 0 Å². The Kier molecular flexibility index (Phi) is 8.57. The van der Waals surface area contributed by atoms with Gasteiger partial charge in [0, 0.05) is 0 Å². The molecule has 0 aliphatic rings. The maximum absolute atomic E-state index is 10.4. The maximum atomic E-state index is 10.4. The van der Waals surface area contributed by atoms with Gasteiger partial charge in [-0.3, -0.25) is 0 Å². The van der Waals surface area contributed by atoms with Crippen LogP contribution in [0.5, 0.6) is 0 Å². The summed E-state index contributed by atoms with van der Waals surface area (Å²) in [6.45, 7) is 0.819. The predicted molar refractivity (Wildman–Crippen MR) is 75.8 cm³/mol. The molecule has 1 N–H and O–H groups in total. The SMILES string of the molecule is O=C(O)CCCc1ccc(N(CCCl)[I-]CCl)cc1. The van der Waals surface area contributed by atoms with Gasteiger partial charge in [-0.25, -0.2) is 0 Å². The van der Waals surface area contributed by atoms with Gasteiger partial charge in [-0.15, -0.1) is 0 Å².